The fourth-order valence-corrected chi connectivity index (χ4v) is 1.53. The molecule has 0 aromatic rings. The molecule has 0 atom stereocenters. The Hall–Kier alpha value is -1.11. The van der Waals surface area contributed by atoms with Crippen LogP contribution in [0.3, 0.4) is 0 Å². The highest BCUT2D eigenvalue weighted by Gasteiger charge is 2.16. The first kappa shape index (κ1) is 8.98. The van der Waals surface area contributed by atoms with E-state index in [9.17, 15) is 4.79 Å². The molecule has 0 N–H and O–H groups in total. The molecule has 0 aromatic heterocycles. The van der Waals surface area contributed by atoms with Crippen LogP contribution in [0, 0.1) is 0 Å². The van der Waals surface area contributed by atoms with Crippen molar-refractivity contribution in [3.63, 3.8) is 0 Å². The molecule has 0 saturated heterocycles. The van der Waals surface area contributed by atoms with Crippen molar-refractivity contribution in [3.8, 4) is 0 Å². The lowest BCUT2D eigenvalue weighted by Crippen LogP contribution is -2.10. The second kappa shape index (κ2) is 4.05. The second-order valence-corrected chi connectivity index (χ2v) is 2.98. The van der Waals surface area contributed by atoms with Crippen LogP contribution in [0.5, 0.6) is 0 Å². The van der Waals surface area contributed by atoms with Gasteiger partial charge in [-0.15, -0.1) is 6.58 Å². The molecule has 0 bridgehead atoms. The summed E-state index contributed by atoms with van der Waals surface area (Å²) < 4.78 is 0. The van der Waals surface area contributed by atoms with Crippen molar-refractivity contribution < 1.29 is 4.79 Å². The van der Waals surface area contributed by atoms with Gasteiger partial charge in [0, 0.05) is 12.0 Å². The molecule has 0 unspecified atom stereocenters. The highest BCUT2D eigenvalue weighted by Crippen LogP contribution is 2.24. The molecule has 1 rings (SSSR count). The number of hydrogen-bond acceptors (Lipinski definition) is 1. The first-order chi connectivity index (χ1) is 5.79. The number of ketones is 1. The molecule has 0 spiro atoms. The van der Waals surface area contributed by atoms with Gasteiger partial charge in [0.15, 0.2) is 5.78 Å². The summed E-state index contributed by atoms with van der Waals surface area (Å²) in [5, 5.41) is 0. The van der Waals surface area contributed by atoms with Crippen molar-refractivity contribution in [2.75, 3.05) is 0 Å². The zero-order valence-electron chi connectivity index (χ0n) is 7.31. The van der Waals surface area contributed by atoms with Crippen molar-refractivity contribution in [1.82, 2.24) is 0 Å². The number of rotatable bonds is 3. The van der Waals surface area contributed by atoms with Gasteiger partial charge in [-0.1, -0.05) is 18.7 Å². The van der Waals surface area contributed by atoms with Gasteiger partial charge in [0.05, 0.1) is 0 Å². The summed E-state index contributed by atoms with van der Waals surface area (Å²) in [5.41, 5.74) is 2.04. The molecule has 0 heterocycles. The largest absolute Gasteiger partial charge is 0.295 e. The van der Waals surface area contributed by atoms with Crippen LogP contribution in [0.25, 0.3) is 0 Å². The SMILES string of the molecule is C=CCC1=C(C=C)CCCC1=O. The summed E-state index contributed by atoms with van der Waals surface area (Å²) in [7, 11) is 0. The van der Waals surface area contributed by atoms with Crippen LogP contribution in [-0.4, -0.2) is 5.78 Å². The molecular weight excluding hydrogens is 148 g/mol. The lowest BCUT2D eigenvalue weighted by Gasteiger charge is -2.15. The molecule has 1 aliphatic rings. The summed E-state index contributed by atoms with van der Waals surface area (Å²) >= 11 is 0. The highest BCUT2D eigenvalue weighted by molar-refractivity contribution is 5.97. The van der Waals surface area contributed by atoms with E-state index in [1.54, 1.807) is 12.2 Å². The Labute approximate surface area is 73.5 Å². The molecular formula is C11H14O. The van der Waals surface area contributed by atoms with Crippen molar-refractivity contribution in [2.24, 2.45) is 0 Å². The van der Waals surface area contributed by atoms with Crippen LogP contribution in [0.15, 0.2) is 36.5 Å². The van der Waals surface area contributed by atoms with Crippen LogP contribution < -0.4 is 0 Å². The predicted octanol–water partition coefficient (Wildman–Crippen LogP) is 2.80. The second-order valence-electron chi connectivity index (χ2n) is 2.98. The molecule has 12 heavy (non-hydrogen) atoms. The predicted molar refractivity (Wildman–Crippen MR) is 50.9 cm³/mol. The topological polar surface area (TPSA) is 17.1 Å². The Morgan fingerprint density at radius 2 is 2.08 bits per heavy atom. The molecule has 0 amide bonds. The van der Waals surface area contributed by atoms with Crippen LogP contribution in [-0.2, 0) is 4.79 Å². The Morgan fingerprint density at radius 3 is 2.67 bits per heavy atom. The van der Waals surface area contributed by atoms with Gasteiger partial charge in [-0.05, 0) is 24.8 Å². The minimum Gasteiger partial charge on any atom is -0.295 e. The van der Waals surface area contributed by atoms with Gasteiger partial charge in [0.1, 0.15) is 0 Å². The van der Waals surface area contributed by atoms with E-state index < -0.39 is 0 Å². The molecule has 1 aliphatic carbocycles. The molecule has 0 aromatic carbocycles. The molecule has 1 heteroatoms. The summed E-state index contributed by atoms with van der Waals surface area (Å²) in [6.07, 6.45) is 6.94. The molecule has 0 fully saturated rings. The zero-order chi connectivity index (χ0) is 8.97. The number of allylic oxidation sites excluding steroid dienone is 4. The summed E-state index contributed by atoms with van der Waals surface area (Å²) in [6, 6.07) is 0. The van der Waals surface area contributed by atoms with Gasteiger partial charge in [-0.2, -0.15) is 0 Å². The van der Waals surface area contributed by atoms with Crippen LogP contribution in [0.4, 0.5) is 0 Å². The van der Waals surface area contributed by atoms with Crippen molar-refractivity contribution in [2.45, 2.75) is 25.7 Å². The maximum Gasteiger partial charge on any atom is 0.159 e. The van der Waals surface area contributed by atoms with Crippen molar-refractivity contribution in [1.29, 1.82) is 0 Å². The van der Waals surface area contributed by atoms with Gasteiger partial charge in [-0.3, -0.25) is 4.79 Å². The Kier molecular flexibility index (Phi) is 3.03. The van der Waals surface area contributed by atoms with Gasteiger partial charge >= 0.3 is 0 Å². The number of carbonyl (C=O) groups excluding carboxylic acids is 1. The standard InChI is InChI=1S/C11H14O/c1-3-6-10-9(4-2)7-5-8-11(10)12/h3-4H,1-2,5-8H2. The van der Waals surface area contributed by atoms with Gasteiger partial charge in [-0.25, -0.2) is 0 Å². The van der Waals surface area contributed by atoms with E-state index in [1.165, 1.54) is 0 Å². The van der Waals surface area contributed by atoms with E-state index in [2.05, 4.69) is 13.2 Å². The number of hydrogen-bond donors (Lipinski definition) is 0. The number of Topliss-reactive ketones (excluding diaryl/α,β-unsaturated/α-hetero) is 1. The summed E-state index contributed by atoms with van der Waals surface area (Å²) in [6.45, 7) is 7.34. The van der Waals surface area contributed by atoms with Crippen LogP contribution in [0.2, 0.25) is 0 Å². The first-order valence-corrected chi connectivity index (χ1v) is 4.28. The third-order valence-corrected chi connectivity index (χ3v) is 2.17. The number of carbonyl (C=O) groups is 1. The maximum atomic E-state index is 11.4. The first-order valence-electron chi connectivity index (χ1n) is 4.28. The minimum absolute atomic E-state index is 0.274. The Bertz CT molecular complexity index is 246. The highest BCUT2D eigenvalue weighted by atomic mass is 16.1. The van der Waals surface area contributed by atoms with Gasteiger partial charge in [0.2, 0.25) is 0 Å². The van der Waals surface area contributed by atoms with Crippen molar-refractivity contribution >= 4 is 5.78 Å². The van der Waals surface area contributed by atoms with E-state index in [-0.39, 0.29) is 5.78 Å². The fraction of sp³-hybridized carbons (Fsp3) is 0.364. The molecule has 0 saturated carbocycles. The Morgan fingerprint density at radius 1 is 1.33 bits per heavy atom. The molecule has 64 valence electrons. The van der Waals surface area contributed by atoms with Gasteiger partial charge < -0.3 is 0 Å². The van der Waals surface area contributed by atoms with E-state index in [0.717, 1.165) is 24.0 Å². The Balaban J connectivity index is 2.94. The third-order valence-electron chi connectivity index (χ3n) is 2.17. The van der Waals surface area contributed by atoms with Crippen LogP contribution >= 0.6 is 0 Å². The average molecular weight is 162 g/mol. The summed E-state index contributed by atoms with van der Waals surface area (Å²) in [5.74, 6) is 0.274. The zero-order valence-corrected chi connectivity index (χ0v) is 7.31. The minimum atomic E-state index is 0.274. The maximum absolute atomic E-state index is 11.4. The molecule has 1 nitrogen and oxygen atoms in total. The molecule has 0 radical (unpaired) electrons. The third kappa shape index (κ3) is 1.73. The lowest BCUT2D eigenvalue weighted by molar-refractivity contribution is -0.116. The van der Waals surface area contributed by atoms with Crippen LogP contribution in [0.1, 0.15) is 25.7 Å². The quantitative estimate of drug-likeness (QED) is 0.583. The van der Waals surface area contributed by atoms with Gasteiger partial charge in [0.25, 0.3) is 0 Å². The summed E-state index contributed by atoms with van der Waals surface area (Å²) in [4.78, 5) is 11.4. The van der Waals surface area contributed by atoms with E-state index >= 15 is 0 Å². The van der Waals surface area contributed by atoms with E-state index in [4.69, 9.17) is 0 Å². The fourth-order valence-electron chi connectivity index (χ4n) is 1.53. The lowest BCUT2D eigenvalue weighted by atomic mass is 9.89. The monoisotopic (exact) mass is 162 g/mol. The average Bonchev–Trinajstić information content (AvgIpc) is 2.09. The van der Waals surface area contributed by atoms with E-state index in [1.807, 2.05) is 0 Å². The van der Waals surface area contributed by atoms with E-state index in [0.29, 0.717) is 12.8 Å². The van der Waals surface area contributed by atoms with Crippen molar-refractivity contribution in [3.05, 3.63) is 36.5 Å². The smallest absolute Gasteiger partial charge is 0.159 e. The normalized spacial score (nSPS) is 17.8. The molecule has 0 aliphatic heterocycles.